The molecule has 2 nitrogen and oxygen atoms in total. The molecule has 0 aliphatic rings. The summed E-state index contributed by atoms with van der Waals surface area (Å²) in [5.74, 6) is -1.25. The number of pyridine rings is 1. The zero-order chi connectivity index (χ0) is 14.8. The molecule has 0 spiro atoms. The van der Waals surface area contributed by atoms with Crippen LogP contribution in [0.3, 0.4) is 0 Å². The molecule has 0 aliphatic heterocycles. The molecule has 0 radical (unpaired) electrons. The molecule has 0 unspecified atom stereocenters. The molecule has 2 aromatic carbocycles. The van der Waals surface area contributed by atoms with Gasteiger partial charge in [-0.05, 0) is 34.1 Å². The average Bonchev–Trinajstić information content (AvgIpc) is 2.46. The maximum absolute atomic E-state index is 13.7. The Hall–Kier alpha value is -2.01. The lowest BCUT2D eigenvalue weighted by Crippen LogP contribution is -2.04. The van der Waals surface area contributed by atoms with Gasteiger partial charge in [-0.25, -0.2) is 8.78 Å². The van der Waals surface area contributed by atoms with Gasteiger partial charge in [0.1, 0.15) is 11.6 Å². The SMILES string of the molecule is Fc1cc(F)c(NCc2ccc3ccccc3n2)c(Br)c1. The number of anilines is 1. The molecule has 0 aliphatic carbocycles. The van der Waals surface area contributed by atoms with Crippen LogP contribution in [0.5, 0.6) is 0 Å². The Balaban J connectivity index is 1.83. The Kier molecular flexibility index (Phi) is 3.84. The Morgan fingerprint density at radius 1 is 1.05 bits per heavy atom. The van der Waals surface area contributed by atoms with Gasteiger partial charge in [0, 0.05) is 15.9 Å². The van der Waals surface area contributed by atoms with Gasteiger partial charge in [-0.1, -0.05) is 24.3 Å². The molecule has 1 aromatic heterocycles. The van der Waals surface area contributed by atoms with E-state index in [1.165, 1.54) is 6.07 Å². The minimum atomic E-state index is -0.636. The lowest BCUT2D eigenvalue weighted by atomic mass is 10.2. The molecule has 3 aromatic rings. The zero-order valence-corrected chi connectivity index (χ0v) is 12.5. The minimum Gasteiger partial charge on any atom is -0.376 e. The maximum Gasteiger partial charge on any atom is 0.150 e. The molecule has 3 rings (SSSR count). The van der Waals surface area contributed by atoms with Crippen molar-refractivity contribution in [2.75, 3.05) is 5.32 Å². The van der Waals surface area contributed by atoms with Crippen LogP contribution in [-0.4, -0.2) is 4.98 Å². The number of para-hydroxylation sites is 1. The van der Waals surface area contributed by atoms with Crippen LogP contribution in [0, 0.1) is 11.6 Å². The van der Waals surface area contributed by atoms with E-state index in [9.17, 15) is 8.78 Å². The summed E-state index contributed by atoms with van der Waals surface area (Å²) < 4.78 is 27.1. The van der Waals surface area contributed by atoms with Crippen molar-refractivity contribution >= 4 is 32.5 Å². The van der Waals surface area contributed by atoms with E-state index in [0.29, 0.717) is 11.0 Å². The van der Waals surface area contributed by atoms with Crippen molar-refractivity contribution in [1.29, 1.82) is 0 Å². The third-order valence-corrected chi connectivity index (χ3v) is 3.73. The first-order chi connectivity index (χ1) is 10.1. The summed E-state index contributed by atoms with van der Waals surface area (Å²) in [5, 5.41) is 3.99. The molecule has 0 saturated heterocycles. The summed E-state index contributed by atoms with van der Waals surface area (Å²) in [4.78, 5) is 4.49. The Morgan fingerprint density at radius 2 is 1.86 bits per heavy atom. The second kappa shape index (κ2) is 5.77. The fraction of sp³-hybridized carbons (Fsp3) is 0.0625. The predicted molar refractivity (Wildman–Crippen MR) is 83.1 cm³/mol. The van der Waals surface area contributed by atoms with Crippen molar-refractivity contribution in [3.8, 4) is 0 Å². The highest BCUT2D eigenvalue weighted by Crippen LogP contribution is 2.27. The number of nitrogens with one attached hydrogen (secondary N) is 1. The van der Waals surface area contributed by atoms with Gasteiger partial charge in [-0.3, -0.25) is 4.98 Å². The largest absolute Gasteiger partial charge is 0.376 e. The van der Waals surface area contributed by atoms with Crippen LogP contribution in [0.1, 0.15) is 5.69 Å². The van der Waals surface area contributed by atoms with Crippen LogP contribution in [0.25, 0.3) is 10.9 Å². The number of halogens is 3. The molecular formula is C16H11BrF2N2. The van der Waals surface area contributed by atoms with Gasteiger partial charge in [-0.2, -0.15) is 0 Å². The summed E-state index contributed by atoms with van der Waals surface area (Å²) in [6, 6.07) is 13.7. The minimum absolute atomic E-state index is 0.228. The quantitative estimate of drug-likeness (QED) is 0.728. The molecule has 0 fully saturated rings. The van der Waals surface area contributed by atoms with Crippen LogP contribution >= 0.6 is 15.9 Å². The van der Waals surface area contributed by atoms with Crippen molar-refractivity contribution in [2.24, 2.45) is 0 Å². The number of rotatable bonds is 3. The van der Waals surface area contributed by atoms with Crippen molar-refractivity contribution < 1.29 is 8.78 Å². The van der Waals surface area contributed by atoms with Gasteiger partial charge in [0.25, 0.3) is 0 Å². The van der Waals surface area contributed by atoms with E-state index < -0.39 is 11.6 Å². The maximum atomic E-state index is 13.7. The third kappa shape index (κ3) is 3.03. The monoisotopic (exact) mass is 348 g/mol. The Morgan fingerprint density at radius 3 is 2.67 bits per heavy atom. The van der Waals surface area contributed by atoms with E-state index in [-0.39, 0.29) is 5.69 Å². The van der Waals surface area contributed by atoms with E-state index in [0.717, 1.165) is 22.7 Å². The van der Waals surface area contributed by atoms with Gasteiger partial charge >= 0.3 is 0 Å². The summed E-state index contributed by atoms with van der Waals surface area (Å²) in [6.45, 7) is 0.353. The number of aromatic nitrogens is 1. The predicted octanol–water partition coefficient (Wildman–Crippen LogP) is 4.89. The number of hydrogen-bond donors (Lipinski definition) is 1. The lowest BCUT2D eigenvalue weighted by Gasteiger charge is -2.10. The van der Waals surface area contributed by atoms with Crippen LogP contribution < -0.4 is 5.32 Å². The van der Waals surface area contributed by atoms with Gasteiger partial charge in [0.2, 0.25) is 0 Å². The van der Waals surface area contributed by atoms with Gasteiger partial charge in [0.15, 0.2) is 0 Å². The van der Waals surface area contributed by atoms with Gasteiger partial charge < -0.3 is 5.32 Å². The van der Waals surface area contributed by atoms with Crippen molar-refractivity contribution in [3.63, 3.8) is 0 Å². The van der Waals surface area contributed by atoms with Crippen molar-refractivity contribution in [3.05, 3.63) is 70.3 Å². The first-order valence-corrected chi connectivity index (χ1v) is 7.16. The van der Waals surface area contributed by atoms with Gasteiger partial charge in [-0.15, -0.1) is 0 Å². The Bertz CT molecular complexity index is 782. The normalized spacial score (nSPS) is 10.8. The highest BCUT2D eigenvalue weighted by molar-refractivity contribution is 9.10. The first kappa shape index (κ1) is 13.9. The van der Waals surface area contributed by atoms with Crippen LogP contribution in [0.15, 0.2) is 53.0 Å². The fourth-order valence-corrected chi connectivity index (χ4v) is 2.64. The van der Waals surface area contributed by atoms with Gasteiger partial charge in [0.05, 0.1) is 23.4 Å². The topological polar surface area (TPSA) is 24.9 Å². The van der Waals surface area contributed by atoms with Crippen molar-refractivity contribution in [1.82, 2.24) is 4.98 Å². The second-order valence-corrected chi connectivity index (χ2v) is 5.45. The number of benzene rings is 2. The van der Waals surface area contributed by atoms with Crippen LogP contribution in [-0.2, 0) is 6.54 Å². The van der Waals surface area contributed by atoms with E-state index in [1.807, 2.05) is 36.4 Å². The lowest BCUT2D eigenvalue weighted by molar-refractivity contribution is 0.583. The molecular weight excluding hydrogens is 338 g/mol. The number of fused-ring (bicyclic) bond motifs is 1. The van der Waals surface area contributed by atoms with E-state index in [1.54, 1.807) is 0 Å². The molecule has 1 N–H and O–H groups in total. The van der Waals surface area contributed by atoms with Crippen molar-refractivity contribution in [2.45, 2.75) is 6.54 Å². The summed E-state index contributed by atoms with van der Waals surface area (Å²) in [5.41, 5.74) is 1.89. The highest BCUT2D eigenvalue weighted by Gasteiger charge is 2.09. The first-order valence-electron chi connectivity index (χ1n) is 6.36. The smallest absolute Gasteiger partial charge is 0.150 e. The molecule has 21 heavy (non-hydrogen) atoms. The van der Waals surface area contributed by atoms with Crippen LogP contribution in [0.2, 0.25) is 0 Å². The fourth-order valence-electron chi connectivity index (χ4n) is 2.10. The van der Waals surface area contributed by atoms with E-state index in [4.69, 9.17) is 0 Å². The molecule has 0 bridgehead atoms. The Labute approximate surface area is 129 Å². The summed E-state index contributed by atoms with van der Waals surface area (Å²) in [6.07, 6.45) is 0. The summed E-state index contributed by atoms with van der Waals surface area (Å²) >= 11 is 3.15. The highest BCUT2D eigenvalue weighted by atomic mass is 79.9. The number of nitrogens with zero attached hydrogens (tertiary/aromatic N) is 1. The second-order valence-electron chi connectivity index (χ2n) is 4.59. The zero-order valence-electron chi connectivity index (χ0n) is 10.9. The average molecular weight is 349 g/mol. The standard InChI is InChI=1S/C16H11BrF2N2/c17-13-7-11(18)8-14(19)16(13)20-9-12-6-5-10-3-1-2-4-15(10)21-12/h1-8,20H,9H2. The van der Waals surface area contributed by atoms with E-state index in [2.05, 4.69) is 26.2 Å². The molecule has 0 saturated carbocycles. The molecule has 5 heteroatoms. The summed E-state index contributed by atoms with van der Waals surface area (Å²) in [7, 11) is 0. The molecule has 106 valence electrons. The molecule has 1 heterocycles. The molecule has 0 atom stereocenters. The number of hydrogen-bond acceptors (Lipinski definition) is 2. The third-order valence-electron chi connectivity index (χ3n) is 3.11. The van der Waals surface area contributed by atoms with E-state index >= 15 is 0 Å². The molecule has 0 amide bonds. The van der Waals surface area contributed by atoms with Crippen LogP contribution in [0.4, 0.5) is 14.5 Å².